The van der Waals surface area contributed by atoms with Gasteiger partial charge in [0.25, 0.3) is 0 Å². The fraction of sp³-hybridized carbons (Fsp3) is 0. The van der Waals surface area contributed by atoms with Crippen LogP contribution in [0.25, 0.3) is 0 Å². The summed E-state index contributed by atoms with van der Waals surface area (Å²) in [6, 6.07) is 0. The minimum absolute atomic E-state index is 0.250. The molecule has 4 heteroatoms. The Morgan fingerprint density at radius 1 is 1.09 bits per heavy atom. The van der Waals surface area contributed by atoms with Crippen molar-refractivity contribution in [3.8, 4) is 0 Å². The molecule has 0 saturated carbocycles. The molecule has 1 aliphatic rings. The van der Waals surface area contributed by atoms with Gasteiger partial charge in [0.1, 0.15) is 0 Å². The van der Waals surface area contributed by atoms with Gasteiger partial charge in [0, 0.05) is 0 Å². The highest BCUT2D eigenvalue weighted by atomic mass is 16.2. The van der Waals surface area contributed by atoms with E-state index in [1.165, 1.54) is 12.2 Å². The largest absolute Gasteiger partial charge is 0.372 e. The standard InChI is InChI=1S/C6H4O2.CH3NO/c7-5-3-1-2-4-6(5)8;2-1-3/h1-4H;1H,(H2,2,3). The fourth-order valence-corrected chi connectivity index (χ4v) is 0.450. The van der Waals surface area contributed by atoms with Crippen LogP contribution in [0.2, 0.25) is 0 Å². The predicted octanol–water partition coefficient (Wildman–Crippen LogP) is -0.648. The number of hydrogen-bond donors (Lipinski definition) is 1. The molecule has 1 aliphatic carbocycles. The van der Waals surface area contributed by atoms with Crippen molar-refractivity contribution in [1.82, 2.24) is 0 Å². The molecule has 4 nitrogen and oxygen atoms in total. The van der Waals surface area contributed by atoms with Crippen LogP contribution in [0.3, 0.4) is 0 Å². The van der Waals surface area contributed by atoms with Crippen molar-refractivity contribution < 1.29 is 14.4 Å². The number of carbonyl (C=O) groups is 3. The second kappa shape index (κ2) is 5.10. The van der Waals surface area contributed by atoms with Crippen LogP contribution >= 0.6 is 0 Å². The molecule has 58 valence electrons. The number of carbonyl (C=O) groups excluding carboxylic acids is 3. The molecule has 11 heavy (non-hydrogen) atoms. The average molecular weight is 153 g/mol. The molecule has 0 radical (unpaired) electrons. The van der Waals surface area contributed by atoms with E-state index in [9.17, 15) is 9.59 Å². The van der Waals surface area contributed by atoms with Crippen molar-refractivity contribution in [1.29, 1.82) is 0 Å². The number of allylic oxidation sites excluding steroid dienone is 4. The third-order valence-corrected chi connectivity index (χ3v) is 0.849. The van der Waals surface area contributed by atoms with Gasteiger partial charge in [0.2, 0.25) is 18.0 Å². The predicted molar refractivity (Wildman–Crippen MR) is 38.5 cm³/mol. The Morgan fingerprint density at radius 2 is 1.36 bits per heavy atom. The Hall–Kier alpha value is -1.71. The Labute approximate surface area is 63.4 Å². The summed E-state index contributed by atoms with van der Waals surface area (Å²) in [5.74, 6) is -0.875. The highest BCUT2D eigenvalue weighted by Gasteiger charge is 2.06. The molecule has 0 unspecified atom stereocenters. The zero-order valence-corrected chi connectivity index (χ0v) is 5.69. The van der Waals surface area contributed by atoms with Crippen LogP contribution in [0.5, 0.6) is 0 Å². The minimum Gasteiger partial charge on any atom is -0.372 e. The zero-order chi connectivity index (χ0) is 8.69. The normalized spacial score (nSPS) is 13.8. The first-order chi connectivity index (χ1) is 5.22. The van der Waals surface area contributed by atoms with Crippen LogP contribution < -0.4 is 5.73 Å². The van der Waals surface area contributed by atoms with Gasteiger partial charge >= 0.3 is 0 Å². The molecule has 0 aliphatic heterocycles. The maximum absolute atomic E-state index is 10.3. The monoisotopic (exact) mass is 153 g/mol. The van der Waals surface area contributed by atoms with Crippen molar-refractivity contribution in [2.24, 2.45) is 5.73 Å². The molecule has 0 aromatic carbocycles. The lowest BCUT2D eigenvalue weighted by molar-refractivity contribution is -0.131. The highest BCUT2D eigenvalue weighted by molar-refractivity contribution is 6.46. The summed E-state index contributed by atoms with van der Waals surface area (Å²) < 4.78 is 0. The summed E-state index contributed by atoms with van der Waals surface area (Å²) in [7, 11) is 0. The summed E-state index contributed by atoms with van der Waals surface area (Å²) in [5, 5.41) is 0. The molecule has 0 aromatic rings. The van der Waals surface area contributed by atoms with Gasteiger partial charge in [0.15, 0.2) is 0 Å². The molecule has 1 rings (SSSR count). The van der Waals surface area contributed by atoms with Crippen LogP contribution in [0.4, 0.5) is 0 Å². The molecule has 1 amide bonds. The quantitative estimate of drug-likeness (QED) is 0.285. The van der Waals surface area contributed by atoms with E-state index in [-0.39, 0.29) is 6.41 Å². The number of ketones is 2. The number of nitrogens with two attached hydrogens (primary N) is 1. The van der Waals surface area contributed by atoms with E-state index < -0.39 is 11.6 Å². The van der Waals surface area contributed by atoms with Crippen molar-refractivity contribution in [3.63, 3.8) is 0 Å². The Kier molecular flexibility index (Phi) is 4.31. The summed E-state index contributed by atoms with van der Waals surface area (Å²) in [4.78, 5) is 29.2. The van der Waals surface area contributed by atoms with Gasteiger partial charge in [-0.1, -0.05) is 12.2 Å². The number of primary amides is 1. The molecule has 0 fully saturated rings. The Bertz CT molecular complexity index is 206. The van der Waals surface area contributed by atoms with Gasteiger partial charge in [-0.25, -0.2) is 0 Å². The van der Waals surface area contributed by atoms with Crippen LogP contribution in [0.15, 0.2) is 24.3 Å². The summed E-state index contributed by atoms with van der Waals surface area (Å²) >= 11 is 0. The van der Waals surface area contributed by atoms with Crippen LogP contribution in [-0.2, 0) is 14.4 Å². The fourth-order valence-electron chi connectivity index (χ4n) is 0.450. The smallest absolute Gasteiger partial charge is 0.225 e. The van der Waals surface area contributed by atoms with Gasteiger partial charge in [-0.05, 0) is 12.2 Å². The van der Waals surface area contributed by atoms with Gasteiger partial charge in [-0.2, -0.15) is 0 Å². The first-order valence-corrected chi connectivity index (χ1v) is 2.80. The van der Waals surface area contributed by atoms with Gasteiger partial charge < -0.3 is 5.73 Å². The minimum atomic E-state index is -0.437. The lowest BCUT2D eigenvalue weighted by atomic mass is 10.1. The van der Waals surface area contributed by atoms with Crippen LogP contribution in [-0.4, -0.2) is 18.0 Å². The maximum Gasteiger partial charge on any atom is 0.225 e. The van der Waals surface area contributed by atoms with E-state index in [1.54, 1.807) is 12.2 Å². The maximum atomic E-state index is 10.3. The van der Waals surface area contributed by atoms with E-state index in [0.29, 0.717) is 0 Å². The molecule has 0 bridgehead atoms. The Balaban J connectivity index is 0.000000292. The van der Waals surface area contributed by atoms with E-state index in [4.69, 9.17) is 4.79 Å². The molecule has 2 N–H and O–H groups in total. The van der Waals surface area contributed by atoms with Crippen LogP contribution in [0.1, 0.15) is 0 Å². The summed E-state index contributed by atoms with van der Waals surface area (Å²) in [5.41, 5.74) is 4.17. The van der Waals surface area contributed by atoms with Gasteiger partial charge in [-0.15, -0.1) is 0 Å². The summed E-state index contributed by atoms with van der Waals surface area (Å²) in [6.07, 6.45) is 5.85. The lowest BCUT2D eigenvalue weighted by Gasteiger charge is -1.88. The lowest BCUT2D eigenvalue weighted by Crippen LogP contribution is -2.08. The van der Waals surface area contributed by atoms with E-state index in [2.05, 4.69) is 5.73 Å². The van der Waals surface area contributed by atoms with E-state index in [1.807, 2.05) is 0 Å². The molecular weight excluding hydrogens is 146 g/mol. The van der Waals surface area contributed by atoms with Gasteiger partial charge in [-0.3, -0.25) is 14.4 Å². The van der Waals surface area contributed by atoms with Crippen LogP contribution in [0, 0.1) is 0 Å². The highest BCUT2D eigenvalue weighted by Crippen LogP contribution is 1.90. The third-order valence-electron chi connectivity index (χ3n) is 0.849. The second-order valence-corrected chi connectivity index (χ2v) is 1.58. The molecule has 0 aromatic heterocycles. The molecule has 0 heterocycles. The first kappa shape index (κ1) is 9.29. The second-order valence-electron chi connectivity index (χ2n) is 1.58. The number of rotatable bonds is 0. The van der Waals surface area contributed by atoms with Crippen molar-refractivity contribution in [2.45, 2.75) is 0 Å². The van der Waals surface area contributed by atoms with Crippen molar-refractivity contribution in [3.05, 3.63) is 24.3 Å². The molecule has 0 atom stereocenters. The molecule has 0 spiro atoms. The van der Waals surface area contributed by atoms with E-state index in [0.717, 1.165) is 0 Å². The topological polar surface area (TPSA) is 77.2 Å². The third kappa shape index (κ3) is 3.80. The first-order valence-electron chi connectivity index (χ1n) is 2.80. The molecule has 0 saturated heterocycles. The molecular formula is C7H7NO3. The number of amides is 1. The zero-order valence-electron chi connectivity index (χ0n) is 5.69. The van der Waals surface area contributed by atoms with E-state index >= 15 is 0 Å². The van der Waals surface area contributed by atoms with Crippen molar-refractivity contribution >= 4 is 18.0 Å². The average Bonchev–Trinajstić information content (AvgIpc) is 1.97. The number of hydrogen-bond acceptors (Lipinski definition) is 3. The van der Waals surface area contributed by atoms with Crippen molar-refractivity contribution in [2.75, 3.05) is 0 Å². The SMILES string of the molecule is NC=O.O=C1C=CC=CC1=O. The Morgan fingerprint density at radius 3 is 1.55 bits per heavy atom. The van der Waals surface area contributed by atoms with Gasteiger partial charge in [0.05, 0.1) is 0 Å². The summed E-state index contributed by atoms with van der Waals surface area (Å²) in [6.45, 7) is 0.